The second-order valence-corrected chi connectivity index (χ2v) is 5.05. The molecule has 2 aliphatic rings. The Morgan fingerprint density at radius 1 is 1.47 bits per heavy atom. The molecular weight excluding hydrogens is 216 g/mol. The highest BCUT2D eigenvalue weighted by Gasteiger charge is 2.38. The standard InChI is InChI=1S/C13H18N2O2/c1-9-2-3-10(17-9)8-15-7-6-11-12(15)4-5-13(16)14-11/h2-3,11-12H,4-8H2,1H3,(H,14,16)/t11-,12+/m1/s1. The monoisotopic (exact) mass is 234 g/mol. The summed E-state index contributed by atoms with van der Waals surface area (Å²) < 4.78 is 5.62. The number of amides is 1. The van der Waals surface area contributed by atoms with E-state index < -0.39 is 0 Å². The quantitative estimate of drug-likeness (QED) is 0.842. The van der Waals surface area contributed by atoms with Crippen LogP contribution in [0.5, 0.6) is 0 Å². The number of rotatable bonds is 2. The van der Waals surface area contributed by atoms with Gasteiger partial charge in [0.1, 0.15) is 11.5 Å². The van der Waals surface area contributed by atoms with Crippen LogP contribution in [0.3, 0.4) is 0 Å². The van der Waals surface area contributed by atoms with Crippen LogP contribution in [0.25, 0.3) is 0 Å². The zero-order valence-electron chi connectivity index (χ0n) is 10.1. The van der Waals surface area contributed by atoms with Crippen molar-refractivity contribution < 1.29 is 9.21 Å². The highest BCUT2D eigenvalue weighted by Crippen LogP contribution is 2.27. The molecule has 0 bridgehead atoms. The first-order valence-electron chi connectivity index (χ1n) is 6.31. The smallest absolute Gasteiger partial charge is 0.220 e. The van der Waals surface area contributed by atoms with Crippen LogP contribution in [0.4, 0.5) is 0 Å². The van der Waals surface area contributed by atoms with Gasteiger partial charge in [-0.05, 0) is 31.9 Å². The molecule has 4 nitrogen and oxygen atoms in total. The maximum Gasteiger partial charge on any atom is 0.220 e. The maximum absolute atomic E-state index is 11.3. The number of hydrogen-bond donors (Lipinski definition) is 1. The minimum absolute atomic E-state index is 0.210. The van der Waals surface area contributed by atoms with Crippen molar-refractivity contribution in [1.82, 2.24) is 10.2 Å². The van der Waals surface area contributed by atoms with Crippen LogP contribution in [0.1, 0.15) is 30.8 Å². The summed E-state index contributed by atoms with van der Waals surface area (Å²) in [5, 5.41) is 3.09. The van der Waals surface area contributed by atoms with Crippen molar-refractivity contribution in [2.24, 2.45) is 0 Å². The number of nitrogens with zero attached hydrogens (tertiary/aromatic N) is 1. The number of nitrogens with one attached hydrogen (secondary N) is 1. The largest absolute Gasteiger partial charge is 0.465 e. The van der Waals surface area contributed by atoms with Crippen LogP contribution in [0, 0.1) is 6.92 Å². The van der Waals surface area contributed by atoms with Gasteiger partial charge in [0.05, 0.1) is 6.54 Å². The number of furan rings is 1. The number of hydrogen-bond acceptors (Lipinski definition) is 3. The van der Waals surface area contributed by atoms with Gasteiger partial charge in [-0.15, -0.1) is 0 Å². The lowest BCUT2D eigenvalue weighted by molar-refractivity contribution is -0.124. The van der Waals surface area contributed by atoms with Crippen molar-refractivity contribution in [2.75, 3.05) is 6.54 Å². The fourth-order valence-electron chi connectivity index (χ4n) is 2.99. The summed E-state index contributed by atoms with van der Waals surface area (Å²) >= 11 is 0. The molecule has 2 atom stereocenters. The SMILES string of the molecule is Cc1ccc(CN2CC[C@H]3NC(=O)CC[C@@H]32)o1. The van der Waals surface area contributed by atoms with E-state index >= 15 is 0 Å². The topological polar surface area (TPSA) is 45.5 Å². The number of piperidine rings is 1. The average Bonchev–Trinajstić information content (AvgIpc) is 2.86. The first-order chi connectivity index (χ1) is 8.22. The predicted molar refractivity (Wildman–Crippen MR) is 63.4 cm³/mol. The first kappa shape index (κ1) is 10.8. The number of carbonyl (C=O) groups is 1. The Bertz CT molecular complexity index is 427. The fraction of sp³-hybridized carbons (Fsp3) is 0.615. The van der Waals surface area contributed by atoms with E-state index in [0.717, 1.165) is 37.5 Å². The van der Waals surface area contributed by atoms with Crippen molar-refractivity contribution in [3.63, 3.8) is 0 Å². The molecule has 2 fully saturated rings. The number of aryl methyl sites for hydroxylation is 1. The molecule has 0 saturated carbocycles. The fourth-order valence-corrected chi connectivity index (χ4v) is 2.99. The highest BCUT2D eigenvalue weighted by molar-refractivity contribution is 5.77. The molecule has 3 rings (SSSR count). The molecule has 92 valence electrons. The lowest BCUT2D eigenvalue weighted by Gasteiger charge is -2.31. The highest BCUT2D eigenvalue weighted by atomic mass is 16.3. The van der Waals surface area contributed by atoms with Gasteiger partial charge in [0.15, 0.2) is 0 Å². The van der Waals surface area contributed by atoms with Crippen molar-refractivity contribution in [3.8, 4) is 0 Å². The minimum atomic E-state index is 0.210. The zero-order chi connectivity index (χ0) is 11.8. The number of likely N-dealkylation sites (tertiary alicyclic amines) is 1. The molecule has 17 heavy (non-hydrogen) atoms. The number of fused-ring (bicyclic) bond motifs is 1. The lowest BCUT2D eigenvalue weighted by Crippen LogP contribution is -2.49. The molecular formula is C13H18N2O2. The third-order valence-electron chi connectivity index (χ3n) is 3.83. The molecule has 1 amide bonds. The summed E-state index contributed by atoms with van der Waals surface area (Å²) in [6.07, 6.45) is 2.71. The summed E-state index contributed by atoms with van der Waals surface area (Å²) in [4.78, 5) is 13.8. The van der Waals surface area contributed by atoms with Crippen LogP contribution in [0.2, 0.25) is 0 Å². The van der Waals surface area contributed by atoms with Gasteiger partial charge in [-0.25, -0.2) is 0 Å². The third-order valence-corrected chi connectivity index (χ3v) is 3.83. The van der Waals surface area contributed by atoms with Gasteiger partial charge in [0.25, 0.3) is 0 Å². The Morgan fingerprint density at radius 3 is 3.12 bits per heavy atom. The minimum Gasteiger partial charge on any atom is -0.465 e. The van der Waals surface area contributed by atoms with Gasteiger partial charge in [0, 0.05) is 25.0 Å². The van der Waals surface area contributed by atoms with E-state index in [9.17, 15) is 4.79 Å². The van der Waals surface area contributed by atoms with E-state index in [1.165, 1.54) is 0 Å². The first-order valence-corrected chi connectivity index (χ1v) is 6.31. The van der Waals surface area contributed by atoms with Crippen LogP contribution < -0.4 is 5.32 Å². The molecule has 1 N–H and O–H groups in total. The average molecular weight is 234 g/mol. The van der Waals surface area contributed by atoms with Crippen molar-refractivity contribution >= 4 is 5.91 Å². The normalized spacial score (nSPS) is 29.1. The molecule has 1 aromatic heterocycles. The van der Waals surface area contributed by atoms with Gasteiger partial charge in [-0.2, -0.15) is 0 Å². The molecule has 0 radical (unpaired) electrons. The van der Waals surface area contributed by atoms with Crippen LogP contribution in [-0.4, -0.2) is 29.4 Å². The molecule has 1 aromatic rings. The Kier molecular flexibility index (Phi) is 2.67. The van der Waals surface area contributed by atoms with E-state index in [2.05, 4.69) is 10.2 Å². The molecule has 4 heteroatoms. The van der Waals surface area contributed by atoms with Crippen LogP contribution in [-0.2, 0) is 11.3 Å². The molecule has 0 spiro atoms. The predicted octanol–water partition coefficient (Wildman–Crippen LogP) is 1.44. The van der Waals surface area contributed by atoms with Crippen molar-refractivity contribution in [1.29, 1.82) is 0 Å². The summed E-state index contributed by atoms with van der Waals surface area (Å²) in [7, 11) is 0. The van der Waals surface area contributed by atoms with Gasteiger partial charge in [-0.1, -0.05) is 0 Å². The Balaban J connectivity index is 1.67. The molecule has 0 unspecified atom stereocenters. The molecule has 2 saturated heterocycles. The summed E-state index contributed by atoms with van der Waals surface area (Å²) in [5.74, 6) is 2.20. The van der Waals surface area contributed by atoms with E-state index in [1.807, 2.05) is 19.1 Å². The third kappa shape index (κ3) is 2.09. The van der Waals surface area contributed by atoms with Crippen molar-refractivity contribution in [2.45, 2.75) is 44.8 Å². The van der Waals surface area contributed by atoms with Gasteiger partial charge < -0.3 is 9.73 Å². The second kappa shape index (κ2) is 4.18. The summed E-state index contributed by atoms with van der Waals surface area (Å²) in [6.45, 7) is 3.89. The van der Waals surface area contributed by atoms with Crippen LogP contribution >= 0.6 is 0 Å². The van der Waals surface area contributed by atoms with Crippen molar-refractivity contribution in [3.05, 3.63) is 23.7 Å². The zero-order valence-corrected chi connectivity index (χ0v) is 10.1. The van der Waals surface area contributed by atoms with E-state index in [4.69, 9.17) is 4.42 Å². The Morgan fingerprint density at radius 2 is 2.35 bits per heavy atom. The van der Waals surface area contributed by atoms with Crippen LogP contribution in [0.15, 0.2) is 16.5 Å². The molecule has 2 aliphatic heterocycles. The summed E-state index contributed by atoms with van der Waals surface area (Å²) in [6, 6.07) is 4.90. The molecule has 3 heterocycles. The van der Waals surface area contributed by atoms with Gasteiger partial charge in [-0.3, -0.25) is 9.69 Å². The Labute approximate surface area is 101 Å². The van der Waals surface area contributed by atoms with E-state index in [1.54, 1.807) is 0 Å². The maximum atomic E-state index is 11.3. The molecule has 0 aromatic carbocycles. The lowest BCUT2D eigenvalue weighted by atomic mass is 9.99. The second-order valence-electron chi connectivity index (χ2n) is 5.05. The molecule has 0 aliphatic carbocycles. The van der Waals surface area contributed by atoms with E-state index in [0.29, 0.717) is 18.5 Å². The van der Waals surface area contributed by atoms with Gasteiger partial charge >= 0.3 is 0 Å². The van der Waals surface area contributed by atoms with E-state index in [-0.39, 0.29) is 5.91 Å². The van der Waals surface area contributed by atoms with Gasteiger partial charge in [0.2, 0.25) is 5.91 Å². The summed E-state index contributed by atoms with van der Waals surface area (Å²) in [5.41, 5.74) is 0. The number of carbonyl (C=O) groups excluding carboxylic acids is 1. The Hall–Kier alpha value is -1.29.